The third kappa shape index (κ3) is 7.35. The van der Waals surface area contributed by atoms with E-state index in [1.807, 2.05) is 59.3 Å². The molecule has 0 fully saturated rings. The molecule has 0 saturated heterocycles. The highest BCUT2D eigenvalue weighted by Crippen LogP contribution is 2.37. The maximum atomic E-state index is 10.5. The van der Waals surface area contributed by atoms with E-state index in [0.29, 0.717) is 35.7 Å². The van der Waals surface area contributed by atoms with Crippen molar-refractivity contribution in [2.75, 3.05) is 38.8 Å². The van der Waals surface area contributed by atoms with Crippen LogP contribution in [0.2, 0.25) is 0 Å². The highest BCUT2D eigenvalue weighted by molar-refractivity contribution is 8.76. The number of phenolic OH excluding ortho intramolecular Hbond substituents is 2. The first-order chi connectivity index (χ1) is 18.6. The number of hydrogen-bond acceptors (Lipinski definition) is 10. The van der Waals surface area contributed by atoms with Crippen LogP contribution in [0.3, 0.4) is 0 Å². The van der Waals surface area contributed by atoms with E-state index in [2.05, 4.69) is 9.98 Å². The van der Waals surface area contributed by atoms with Gasteiger partial charge in [0.2, 0.25) is 0 Å². The van der Waals surface area contributed by atoms with Crippen molar-refractivity contribution in [2.45, 2.75) is 0 Å². The van der Waals surface area contributed by atoms with Crippen LogP contribution >= 0.6 is 44.3 Å². The largest absolute Gasteiger partial charge is 0.504 e. The molecule has 6 nitrogen and oxygen atoms in total. The molecule has 4 rings (SSSR count). The quantitative estimate of drug-likeness (QED) is 0.0962. The first-order valence-corrected chi connectivity index (χ1v) is 16.0. The number of rotatable bonds is 13. The smallest absolute Gasteiger partial charge is 0.166 e. The lowest BCUT2D eigenvalue weighted by Crippen LogP contribution is -1.93. The van der Waals surface area contributed by atoms with Gasteiger partial charge in [0.15, 0.2) is 23.0 Å². The lowest BCUT2D eigenvalue weighted by molar-refractivity contribution is 0.373. The Balaban J connectivity index is 1.23. The Morgan fingerprint density at radius 1 is 0.737 bits per heavy atom. The lowest BCUT2D eigenvalue weighted by Gasteiger charge is -2.09. The molecule has 0 unspecified atom stereocenters. The second kappa shape index (κ2) is 14.3. The van der Waals surface area contributed by atoms with E-state index < -0.39 is 0 Å². The molecule has 198 valence electrons. The van der Waals surface area contributed by atoms with Crippen LogP contribution < -0.4 is 9.47 Å². The van der Waals surface area contributed by atoms with Gasteiger partial charge < -0.3 is 19.7 Å². The zero-order valence-electron chi connectivity index (χ0n) is 21.0. The number of methoxy groups -OCH3 is 2. The Morgan fingerprint density at radius 2 is 1.18 bits per heavy atom. The van der Waals surface area contributed by atoms with Gasteiger partial charge in [-0.25, -0.2) is 0 Å². The molecule has 2 heterocycles. The molecule has 10 heteroatoms. The Kier molecular flexibility index (Phi) is 10.6. The van der Waals surface area contributed by atoms with Gasteiger partial charge in [0.1, 0.15) is 0 Å². The van der Waals surface area contributed by atoms with Crippen molar-refractivity contribution in [1.82, 2.24) is 0 Å². The van der Waals surface area contributed by atoms with Crippen LogP contribution in [-0.4, -0.2) is 61.5 Å². The van der Waals surface area contributed by atoms with Gasteiger partial charge in [0.05, 0.1) is 14.2 Å². The summed E-state index contributed by atoms with van der Waals surface area (Å²) in [5.74, 6) is 2.76. The van der Waals surface area contributed by atoms with Crippen LogP contribution in [0.1, 0.15) is 11.1 Å². The molecule has 0 aliphatic carbocycles. The van der Waals surface area contributed by atoms with E-state index in [0.717, 1.165) is 32.4 Å². The normalized spacial score (nSPS) is 11.5. The zero-order valence-corrected chi connectivity index (χ0v) is 24.3. The van der Waals surface area contributed by atoms with Gasteiger partial charge in [-0.05, 0) is 58.3 Å². The molecule has 0 spiro atoms. The Morgan fingerprint density at radius 3 is 1.55 bits per heavy atom. The van der Waals surface area contributed by atoms with E-state index in [9.17, 15) is 10.2 Å². The third-order valence-electron chi connectivity index (χ3n) is 5.41. The summed E-state index contributed by atoms with van der Waals surface area (Å²) in [5.41, 5.74) is 3.27. The molecule has 0 radical (unpaired) electrons. The summed E-state index contributed by atoms with van der Waals surface area (Å²) in [6.07, 6.45) is 3.41. The van der Waals surface area contributed by atoms with Gasteiger partial charge >= 0.3 is 0 Å². The highest BCUT2D eigenvalue weighted by Gasteiger charge is 2.12. The van der Waals surface area contributed by atoms with E-state index in [4.69, 9.17) is 9.47 Å². The van der Waals surface area contributed by atoms with E-state index in [-0.39, 0.29) is 11.5 Å². The first-order valence-electron chi connectivity index (χ1n) is 11.7. The van der Waals surface area contributed by atoms with Crippen molar-refractivity contribution in [1.29, 1.82) is 0 Å². The topological polar surface area (TPSA) is 83.6 Å². The maximum Gasteiger partial charge on any atom is 0.166 e. The number of aromatic hydroxyl groups is 2. The van der Waals surface area contributed by atoms with Gasteiger partial charge in [0.25, 0.3) is 0 Å². The van der Waals surface area contributed by atoms with Crippen LogP contribution in [0.4, 0.5) is 0 Å². The van der Waals surface area contributed by atoms with Crippen LogP contribution in [-0.2, 0) is 0 Å². The molecule has 4 aromatic rings. The maximum absolute atomic E-state index is 10.5. The van der Waals surface area contributed by atoms with Gasteiger partial charge in [-0.3, -0.25) is 9.98 Å². The Bertz CT molecular complexity index is 1260. The highest BCUT2D eigenvalue weighted by atomic mass is 33.1. The molecule has 0 bridgehead atoms. The third-order valence-corrected chi connectivity index (χ3v) is 9.61. The summed E-state index contributed by atoms with van der Waals surface area (Å²) in [5, 5.41) is 25.0. The van der Waals surface area contributed by atoms with Gasteiger partial charge in [-0.2, -0.15) is 0 Å². The van der Waals surface area contributed by atoms with Crippen LogP contribution in [0.5, 0.6) is 23.0 Å². The minimum Gasteiger partial charge on any atom is -0.504 e. The number of benzene rings is 2. The molecule has 38 heavy (non-hydrogen) atoms. The summed E-state index contributed by atoms with van der Waals surface area (Å²) in [7, 11) is 6.57. The van der Waals surface area contributed by atoms with Crippen LogP contribution in [0.15, 0.2) is 69.3 Å². The summed E-state index contributed by atoms with van der Waals surface area (Å²) < 4.78 is 10.7. The summed E-state index contributed by atoms with van der Waals surface area (Å²) in [6.45, 7) is 1.27. The van der Waals surface area contributed by atoms with E-state index in [1.165, 1.54) is 0 Å². The second-order valence-electron chi connectivity index (χ2n) is 7.90. The summed E-state index contributed by atoms with van der Waals surface area (Å²) in [6, 6.07) is 15.6. The van der Waals surface area contributed by atoms with Gasteiger partial charge in [0, 0.05) is 57.9 Å². The molecule has 0 aliphatic rings. The first kappa shape index (κ1) is 28.1. The fourth-order valence-corrected chi connectivity index (χ4v) is 6.74. The monoisotopic (exact) mass is 584 g/mol. The summed E-state index contributed by atoms with van der Waals surface area (Å²) in [4.78, 5) is 11.2. The predicted molar refractivity (Wildman–Crippen MR) is 166 cm³/mol. The number of nitrogens with zero attached hydrogens (tertiary/aromatic N) is 2. The molecular formula is C28H28N2O4S4. The second-order valence-corrected chi connectivity index (χ2v) is 12.5. The molecular weight excluding hydrogens is 557 g/mol. The Labute approximate surface area is 238 Å². The standard InChI is InChI=1S/C28H28N2O4S4/c1-33-23-15-19(25-5-3-9-35-25)13-21(27(23)31)17-29-7-11-37-38-12-8-30-18-22-14-20(26-6-4-10-36-26)16-24(34-2)28(22)32/h3-6,9-10,13-18,31-32H,7-8,11-12H2,1-2H3. The number of phenols is 2. The van der Waals surface area contributed by atoms with E-state index >= 15 is 0 Å². The van der Waals surface area contributed by atoms with E-state index in [1.54, 1.807) is 70.9 Å². The Hall–Kier alpha value is -2.92. The zero-order chi connectivity index (χ0) is 26.7. The number of hydrogen-bond donors (Lipinski definition) is 2. The number of aliphatic imine (C=N–C) groups is 2. The number of thiophene rings is 2. The fraction of sp³-hybridized carbons (Fsp3) is 0.214. The molecule has 2 aromatic carbocycles. The molecule has 0 saturated carbocycles. The molecule has 0 amide bonds. The average molecular weight is 585 g/mol. The van der Waals surface area contributed by atoms with Crippen molar-refractivity contribution in [3.05, 3.63) is 70.4 Å². The van der Waals surface area contributed by atoms with Crippen LogP contribution in [0.25, 0.3) is 20.9 Å². The number of ether oxygens (including phenoxy) is 2. The van der Waals surface area contributed by atoms with Crippen molar-refractivity contribution >= 4 is 56.7 Å². The minimum atomic E-state index is 0.0982. The van der Waals surface area contributed by atoms with Gasteiger partial charge in [-0.15, -0.1) is 22.7 Å². The van der Waals surface area contributed by atoms with Crippen LogP contribution in [0, 0.1) is 0 Å². The minimum absolute atomic E-state index is 0.0982. The van der Waals surface area contributed by atoms with Crippen molar-refractivity contribution in [3.8, 4) is 43.9 Å². The lowest BCUT2D eigenvalue weighted by atomic mass is 10.1. The summed E-state index contributed by atoms with van der Waals surface area (Å²) >= 11 is 3.28. The predicted octanol–water partition coefficient (Wildman–Crippen LogP) is 7.49. The molecule has 0 aliphatic heterocycles. The molecule has 0 atom stereocenters. The molecule has 2 aromatic heterocycles. The average Bonchev–Trinajstić information content (AvgIpc) is 3.66. The SMILES string of the molecule is COc1cc(-c2cccs2)cc(C=NCCSSCCN=Cc2cc(-c3cccs3)cc(OC)c2O)c1O. The van der Waals surface area contributed by atoms with Gasteiger partial charge in [-0.1, -0.05) is 33.7 Å². The van der Waals surface area contributed by atoms with Crippen molar-refractivity contribution in [3.63, 3.8) is 0 Å². The fourth-order valence-electron chi connectivity index (χ4n) is 3.56. The van der Waals surface area contributed by atoms with Crippen molar-refractivity contribution in [2.24, 2.45) is 9.98 Å². The van der Waals surface area contributed by atoms with Crippen molar-refractivity contribution < 1.29 is 19.7 Å². The molecule has 2 N–H and O–H groups in total.